The second-order valence-electron chi connectivity index (χ2n) is 4.16. The van der Waals surface area contributed by atoms with E-state index in [2.05, 4.69) is 10.3 Å². The number of nitrogens with one attached hydrogen (secondary N) is 2. The Hall–Kier alpha value is -1.05. The minimum absolute atomic E-state index is 0.206. The number of pyridine rings is 1. The predicted molar refractivity (Wildman–Crippen MR) is 69.6 cm³/mol. The minimum Gasteiger partial charge on any atom is -0.444 e. The summed E-state index contributed by atoms with van der Waals surface area (Å²) in [5.41, 5.74) is -0.730. The second kappa shape index (κ2) is 4.86. The van der Waals surface area contributed by atoms with Gasteiger partial charge in [-0.25, -0.2) is 4.79 Å². The van der Waals surface area contributed by atoms with E-state index >= 15 is 0 Å². The van der Waals surface area contributed by atoms with Gasteiger partial charge in [-0.15, -0.1) is 0 Å². The van der Waals surface area contributed by atoms with E-state index < -0.39 is 11.7 Å². The van der Waals surface area contributed by atoms with Gasteiger partial charge < -0.3 is 9.72 Å². The molecule has 6 heteroatoms. The summed E-state index contributed by atoms with van der Waals surface area (Å²) in [5, 5.41) is 2.42. The summed E-state index contributed by atoms with van der Waals surface area (Å²) in [6.07, 6.45) is 0.881. The molecule has 1 aromatic rings. The number of hydrogen-bond donors (Lipinski definition) is 2. The average molecular weight is 336 g/mol. The van der Waals surface area contributed by atoms with Crippen molar-refractivity contribution in [3.05, 3.63) is 26.2 Å². The number of carbonyl (C=O) groups excluding carboxylic acids is 1. The van der Waals surface area contributed by atoms with E-state index in [0.717, 1.165) is 0 Å². The topological polar surface area (TPSA) is 71.2 Å². The molecule has 0 unspecified atom stereocenters. The molecule has 0 saturated heterocycles. The van der Waals surface area contributed by atoms with Gasteiger partial charge in [0.25, 0.3) is 5.56 Å². The number of hydrogen-bond acceptors (Lipinski definition) is 3. The summed E-state index contributed by atoms with van der Waals surface area (Å²) in [7, 11) is 0. The first-order valence-electron chi connectivity index (χ1n) is 4.67. The molecule has 1 aromatic heterocycles. The summed E-state index contributed by atoms with van der Waals surface area (Å²) in [6.45, 7) is 5.27. The molecule has 88 valence electrons. The molecule has 0 aliphatic heterocycles. The fourth-order valence-corrected chi connectivity index (χ4v) is 1.54. The number of ether oxygens (including phenoxy) is 1. The molecule has 0 aliphatic rings. The lowest BCUT2D eigenvalue weighted by atomic mass is 10.2. The van der Waals surface area contributed by atoms with Gasteiger partial charge >= 0.3 is 6.09 Å². The number of halogens is 1. The molecule has 16 heavy (non-hydrogen) atoms. The zero-order chi connectivity index (χ0) is 12.3. The van der Waals surface area contributed by atoms with Gasteiger partial charge in [-0.1, -0.05) is 0 Å². The number of aromatic amines is 1. The molecule has 1 heterocycles. The Morgan fingerprint density at radius 1 is 1.50 bits per heavy atom. The van der Waals surface area contributed by atoms with Gasteiger partial charge in [0.05, 0.1) is 0 Å². The highest BCUT2D eigenvalue weighted by atomic mass is 127. The number of carbonyl (C=O) groups is 1. The number of anilines is 1. The van der Waals surface area contributed by atoms with Crippen LogP contribution in [-0.2, 0) is 4.74 Å². The van der Waals surface area contributed by atoms with Crippen LogP contribution < -0.4 is 10.9 Å². The molecule has 0 spiro atoms. The molecule has 0 aliphatic carbocycles. The normalized spacial score (nSPS) is 11.0. The van der Waals surface area contributed by atoms with E-state index in [1.807, 2.05) is 22.6 Å². The van der Waals surface area contributed by atoms with Crippen molar-refractivity contribution in [1.82, 2.24) is 4.98 Å². The van der Waals surface area contributed by atoms with Crippen molar-refractivity contribution in [2.45, 2.75) is 26.4 Å². The molecule has 0 bridgehead atoms. The molecule has 0 saturated carbocycles. The first-order valence-corrected chi connectivity index (χ1v) is 5.74. The Bertz CT molecular complexity index is 448. The molecule has 0 atom stereocenters. The van der Waals surface area contributed by atoms with Gasteiger partial charge in [0.1, 0.15) is 11.3 Å². The van der Waals surface area contributed by atoms with E-state index in [0.29, 0.717) is 3.57 Å². The molecule has 1 amide bonds. The van der Waals surface area contributed by atoms with Crippen LogP contribution in [0.2, 0.25) is 0 Å². The zero-order valence-electron chi connectivity index (χ0n) is 9.26. The Kier molecular flexibility index (Phi) is 3.95. The van der Waals surface area contributed by atoms with E-state index in [4.69, 9.17) is 4.74 Å². The van der Waals surface area contributed by atoms with Crippen LogP contribution >= 0.6 is 22.6 Å². The van der Waals surface area contributed by atoms with Crippen LogP contribution in [0, 0.1) is 3.57 Å². The molecular formula is C10H13IN2O3. The summed E-state index contributed by atoms with van der Waals surface area (Å²) in [4.78, 5) is 25.3. The first kappa shape index (κ1) is 13.0. The Balaban J connectivity index is 2.82. The number of aromatic nitrogens is 1. The van der Waals surface area contributed by atoms with Gasteiger partial charge in [0.15, 0.2) is 0 Å². The van der Waals surface area contributed by atoms with Crippen molar-refractivity contribution in [3.63, 3.8) is 0 Å². The molecule has 0 radical (unpaired) electrons. The van der Waals surface area contributed by atoms with Crippen molar-refractivity contribution in [2.24, 2.45) is 0 Å². The van der Waals surface area contributed by atoms with E-state index in [1.165, 1.54) is 6.20 Å². The minimum atomic E-state index is -0.637. The van der Waals surface area contributed by atoms with E-state index in [1.54, 1.807) is 26.8 Å². The quantitative estimate of drug-likeness (QED) is 0.774. The standard InChI is InChI=1S/C10H13IN2O3/c1-10(2,3)16-9(15)13-7-6(11)4-5-12-8(7)14/h4-5H,1-3H3,(H,12,14)(H,13,15). The van der Waals surface area contributed by atoms with Gasteiger partial charge in [-0.3, -0.25) is 10.1 Å². The summed E-state index contributed by atoms with van der Waals surface area (Å²) in [5.74, 6) is 0. The van der Waals surface area contributed by atoms with Crippen molar-refractivity contribution in [2.75, 3.05) is 5.32 Å². The largest absolute Gasteiger partial charge is 0.444 e. The molecule has 0 aromatic carbocycles. The lowest BCUT2D eigenvalue weighted by molar-refractivity contribution is 0.0635. The van der Waals surface area contributed by atoms with E-state index in [-0.39, 0.29) is 11.2 Å². The van der Waals surface area contributed by atoms with Crippen molar-refractivity contribution < 1.29 is 9.53 Å². The maximum Gasteiger partial charge on any atom is 0.412 e. The maximum atomic E-state index is 11.4. The Morgan fingerprint density at radius 3 is 2.62 bits per heavy atom. The summed E-state index contributed by atoms with van der Waals surface area (Å²) >= 11 is 1.97. The second-order valence-corrected chi connectivity index (χ2v) is 5.32. The maximum absolute atomic E-state index is 11.4. The highest BCUT2D eigenvalue weighted by Gasteiger charge is 2.17. The van der Waals surface area contributed by atoms with Gasteiger partial charge in [-0.05, 0) is 49.4 Å². The lowest BCUT2D eigenvalue weighted by Crippen LogP contribution is -2.29. The van der Waals surface area contributed by atoms with Crippen LogP contribution in [0.3, 0.4) is 0 Å². The third kappa shape index (κ3) is 3.84. The molecule has 1 rings (SSSR count). The first-order chi connectivity index (χ1) is 7.29. The lowest BCUT2D eigenvalue weighted by Gasteiger charge is -2.19. The predicted octanol–water partition coefficient (Wildman–Crippen LogP) is 2.33. The van der Waals surface area contributed by atoms with Crippen LogP contribution in [0.25, 0.3) is 0 Å². The summed E-state index contributed by atoms with van der Waals surface area (Å²) in [6, 6.07) is 1.69. The third-order valence-corrected chi connectivity index (χ3v) is 2.43. The van der Waals surface area contributed by atoms with Crippen molar-refractivity contribution in [3.8, 4) is 0 Å². The van der Waals surface area contributed by atoms with E-state index in [9.17, 15) is 9.59 Å². The third-order valence-electron chi connectivity index (χ3n) is 1.54. The highest BCUT2D eigenvalue weighted by Crippen LogP contribution is 2.13. The van der Waals surface area contributed by atoms with Crippen LogP contribution in [-0.4, -0.2) is 16.7 Å². The van der Waals surface area contributed by atoms with Crippen LogP contribution in [0.4, 0.5) is 10.5 Å². The van der Waals surface area contributed by atoms with Crippen LogP contribution in [0.1, 0.15) is 20.8 Å². The molecule has 2 N–H and O–H groups in total. The zero-order valence-corrected chi connectivity index (χ0v) is 11.4. The fraction of sp³-hybridized carbons (Fsp3) is 0.400. The van der Waals surface area contributed by atoms with Crippen LogP contribution in [0.5, 0.6) is 0 Å². The van der Waals surface area contributed by atoms with Crippen molar-refractivity contribution >= 4 is 34.4 Å². The molecule has 0 fully saturated rings. The molecule has 5 nitrogen and oxygen atoms in total. The summed E-state index contributed by atoms with van der Waals surface area (Å²) < 4.78 is 5.70. The fourth-order valence-electron chi connectivity index (χ4n) is 0.977. The van der Waals surface area contributed by atoms with Crippen LogP contribution in [0.15, 0.2) is 17.1 Å². The smallest absolute Gasteiger partial charge is 0.412 e. The Labute approximate surface area is 107 Å². The molecular weight excluding hydrogens is 323 g/mol. The highest BCUT2D eigenvalue weighted by molar-refractivity contribution is 14.1. The number of H-pyrrole nitrogens is 1. The van der Waals surface area contributed by atoms with Crippen molar-refractivity contribution in [1.29, 1.82) is 0 Å². The SMILES string of the molecule is CC(C)(C)OC(=O)Nc1c(I)cc[nH]c1=O. The number of amides is 1. The van der Waals surface area contributed by atoms with Gasteiger partial charge in [0.2, 0.25) is 0 Å². The average Bonchev–Trinajstić information content (AvgIpc) is 2.08. The monoisotopic (exact) mass is 336 g/mol. The van der Waals surface area contributed by atoms with Gasteiger partial charge in [0, 0.05) is 9.77 Å². The Morgan fingerprint density at radius 2 is 2.12 bits per heavy atom. The number of rotatable bonds is 1. The van der Waals surface area contributed by atoms with Gasteiger partial charge in [-0.2, -0.15) is 0 Å².